The number of hydrogen-bond acceptors (Lipinski definition) is 5. The zero-order valence-corrected chi connectivity index (χ0v) is 15.6. The maximum Gasteiger partial charge on any atom is 0.325 e. The van der Waals surface area contributed by atoms with Crippen LogP contribution in [0.3, 0.4) is 0 Å². The minimum atomic E-state index is -0.792. The summed E-state index contributed by atoms with van der Waals surface area (Å²) >= 11 is 0. The minimum absolute atomic E-state index is 0.265. The van der Waals surface area contributed by atoms with E-state index in [2.05, 4.69) is 20.7 Å². The Kier molecular flexibility index (Phi) is 4.58. The number of urea groups is 1. The summed E-state index contributed by atoms with van der Waals surface area (Å²) in [5.74, 6) is -0.651. The molecule has 1 aromatic heterocycles. The summed E-state index contributed by atoms with van der Waals surface area (Å²) in [7, 11) is 0. The molecule has 4 rings (SSSR count). The largest absolute Gasteiger partial charge is 0.348 e. The average molecular weight is 382 g/mol. The van der Waals surface area contributed by atoms with Gasteiger partial charge in [0, 0.05) is 0 Å². The van der Waals surface area contributed by atoms with Gasteiger partial charge in [0.05, 0.1) is 11.7 Å². The van der Waals surface area contributed by atoms with Gasteiger partial charge in [0.15, 0.2) is 0 Å². The van der Waals surface area contributed by atoms with Gasteiger partial charge in [0.25, 0.3) is 5.91 Å². The Hall–Kier alpha value is -3.23. The van der Waals surface area contributed by atoms with Gasteiger partial charge >= 0.3 is 6.03 Å². The number of carbonyl (C=O) groups excluding carboxylic acids is 3. The maximum atomic E-state index is 12.6. The predicted octanol–water partition coefficient (Wildman–Crippen LogP) is 1.31. The fourth-order valence-electron chi connectivity index (χ4n) is 3.91. The standard InChI is InChI=1S/C19H22N6O3/c1-13(14-4-6-15(7-5-14)25-12-20-11-21-25)22-16(26)10-24-17(27)19(23-18(24)28)8-2-3-9-19/h4-7,11-13H,2-3,8-10H2,1H3,(H,22,26)(H,23,28)/t13-/m1/s1. The topological polar surface area (TPSA) is 109 Å². The molecule has 146 valence electrons. The highest BCUT2D eigenvalue weighted by molar-refractivity contribution is 6.09. The Morgan fingerprint density at radius 2 is 1.96 bits per heavy atom. The number of aromatic nitrogens is 3. The Morgan fingerprint density at radius 3 is 2.61 bits per heavy atom. The van der Waals surface area contributed by atoms with E-state index in [1.165, 1.54) is 6.33 Å². The molecule has 9 heteroatoms. The molecular formula is C19H22N6O3. The number of hydrogen-bond donors (Lipinski definition) is 2. The number of benzene rings is 1. The second-order valence-electron chi connectivity index (χ2n) is 7.33. The first-order valence-electron chi connectivity index (χ1n) is 9.37. The normalized spacial score (nSPS) is 19.1. The van der Waals surface area contributed by atoms with Crippen molar-refractivity contribution >= 4 is 17.8 Å². The summed E-state index contributed by atoms with van der Waals surface area (Å²) in [5.41, 5.74) is 0.975. The van der Waals surface area contributed by atoms with Crippen molar-refractivity contribution in [2.75, 3.05) is 6.54 Å². The first kappa shape index (κ1) is 18.1. The lowest BCUT2D eigenvalue weighted by atomic mass is 9.98. The summed E-state index contributed by atoms with van der Waals surface area (Å²) in [6.07, 6.45) is 6.17. The third-order valence-corrected chi connectivity index (χ3v) is 5.46. The zero-order chi connectivity index (χ0) is 19.7. The quantitative estimate of drug-likeness (QED) is 0.758. The number of nitrogens with zero attached hydrogens (tertiary/aromatic N) is 4. The van der Waals surface area contributed by atoms with E-state index in [0.29, 0.717) is 12.8 Å². The Labute approximate surface area is 162 Å². The predicted molar refractivity (Wildman–Crippen MR) is 99.4 cm³/mol. The molecule has 2 heterocycles. The molecule has 1 saturated carbocycles. The van der Waals surface area contributed by atoms with Crippen LogP contribution in [0.2, 0.25) is 0 Å². The number of nitrogens with one attached hydrogen (secondary N) is 2. The number of amides is 4. The van der Waals surface area contributed by atoms with Crippen LogP contribution < -0.4 is 10.6 Å². The van der Waals surface area contributed by atoms with E-state index < -0.39 is 11.6 Å². The summed E-state index contributed by atoms with van der Waals surface area (Å²) in [5, 5.41) is 9.70. The van der Waals surface area contributed by atoms with E-state index in [0.717, 1.165) is 29.0 Å². The SMILES string of the molecule is C[C@@H](NC(=O)CN1C(=O)NC2(CCCC2)C1=O)c1ccc(-n2cncn2)cc1. The lowest BCUT2D eigenvalue weighted by Gasteiger charge is -2.20. The van der Waals surface area contributed by atoms with Crippen molar-refractivity contribution in [3.8, 4) is 5.69 Å². The van der Waals surface area contributed by atoms with Crippen LogP contribution in [-0.2, 0) is 9.59 Å². The molecule has 2 fully saturated rings. The Bertz CT molecular complexity index is 887. The van der Waals surface area contributed by atoms with E-state index in [1.54, 1.807) is 11.0 Å². The van der Waals surface area contributed by atoms with Gasteiger partial charge in [-0.2, -0.15) is 5.10 Å². The van der Waals surface area contributed by atoms with Gasteiger partial charge in [-0.05, 0) is 37.5 Å². The van der Waals surface area contributed by atoms with Crippen molar-refractivity contribution in [2.45, 2.75) is 44.2 Å². The summed E-state index contributed by atoms with van der Waals surface area (Å²) in [4.78, 5) is 42.2. The van der Waals surface area contributed by atoms with E-state index in [4.69, 9.17) is 0 Å². The van der Waals surface area contributed by atoms with Crippen molar-refractivity contribution in [2.24, 2.45) is 0 Å². The van der Waals surface area contributed by atoms with Gasteiger partial charge in [0.1, 0.15) is 24.7 Å². The monoisotopic (exact) mass is 382 g/mol. The van der Waals surface area contributed by atoms with Crippen LogP contribution in [0.25, 0.3) is 5.69 Å². The van der Waals surface area contributed by atoms with Crippen molar-refractivity contribution in [3.05, 3.63) is 42.5 Å². The molecule has 0 bridgehead atoms. The molecule has 1 aliphatic carbocycles. The van der Waals surface area contributed by atoms with E-state index in [-0.39, 0.29) is 24.4 Å². The van der Waals surface area contributed by atoms with Crippen LogP contribution in [0, 0.1) is 0 Å². The highest BCUT2D eigenvalue weighted by Crippen LogP contribution is 2.34. The minimum Gasteiger partial charge on any atom is -0.348 e. The number of imide groups is 1. The molecule has 1 saturated heterocycles. The summed E-state index contributed by atoms with van der Waals surface area (Å²) in [6.45, 7) is 1.58. The molecule has 28 heavy (non-hydrogen) atoms. The highest BCUT2D eigenvalue weighted by Gasteiger charge is 2.52. The third-order valence-electron chi connectivity index (χ3n) is 5.46. The second kappa shape index (κ2) is 7.06. The molecule has 0 unspecified atom stereocenters. The van der Waals surface area contributed by atoms with Crippen molar-refractivity contribution in [3.63, 3.8) is 0 Å². The maximum absolute atomic E-state index is 12.6. The fraction of sp³-hybridized carbons (Fsp3) is 0.421. The first-order valence-corrected chi connectivity index (χ1v) is 9.37. The van der Waals surface area contributed by atoms with Gasteiger partial charge in [-0.15, -0.1) is 0 Å². The molecule has 9 nitrogen and oxygen atoms in total. The van der Waals surface area contributed by atoms with Crippen LogP contribution in [0.15, 0.2) is 36.9 Å². The van der Waals surface area contributed by atoms with Crippen LogP contribution in [0.4, 0.5) is 4.79 Å². The number of rotatable bonds is 5. The molecular weight excluding hydrogens is 360 g/mol. The van der Waals surface area contributed by atoms with Crippen LogP contribution in [0.5, 0.6) is 0 Å². The Balaban J connectivity index is 1.37. The van der Waals surface area contributed by atoms with Gasteiger partial charge in [-0.1, -0.05) is 25.0 Å². The summed E-state index contributed by atoms with van der Waals surface area (Å²) in [6, 6.07) is 6.80. The lowest BCUT2D eigenvalue weighted by molar-refractivity contribution is -0.135. The van der Waals surface area contributed by atoms with Crippen molar-refractivity contribution in [1.82, 2.24) is 30.3 Å². The third kappa shape index (κ3) is 3.23. The molecule has 0 radical (unpaired) electrons. The Morgan fingerprint density at radius 1 is 1.25 bits per heavy atom. The smallest absolute Gasteiger partial charge is 0.325 e. The van der Waals surface area contributed by atoms with E-state index >= 15 is 0 Å². The molecule has 1 aromatic carbocycles. The molecule has 2 N–H and O–H groups in total. The summed E-state index contributed by atoms with van der Waals surface area (Å²) < 4.78 is 1.64. The average Bonchev–Trinajstić information content (AvgIpc) is 3.42. The molecule has 1 aliphatic heterocycles. The van der Waals surface area contributed by atoms with Crippen LogP contribution in [-0.4, -0.2) is 49.6 Å². The van der Waals surface area contributed by atoms with Crippen LogP contribution >= 0.6 is 0 Å². The van der Waals surface area contributed by atoms with Gasteiger partial charge in [-0.25, -0.2) is 14.5 Å². The van der Waals surface area contributed by atoms with Gasteiger partial charge < -0.3 is 10.6 Å². The van der Waals surface area contributed by atoms with Crippen molar-refractivity contribution < 1.29 is 14.4 Å². The highest BCUT2D eigenvalue weighted by atomic mass is 16.2. The van der Waals surface area contributed by atoms with Crippen LogP contribution in [0.1, 0.15) is 44.2 Å². The first-order chi connectivity index (χ1) is 13.5. The zero-order valence-electron chi connectivity index (χ0n) is 15.6. The fourth-order valence-corrected chi connectivity index (χ4v) is 3.91. The number of carbonyl (C=O) groups is 3. The molecule has 2 aromatic rings. The van der Waals surface area contributed by atoms with E-state index in [9.17, 15) is 14.4 Å². The van der Waals surface area contributed by atoms with Gasteiger partial charge in [0.2, 0.25) is 5.91 Å². The second-order valence-corrected chi connectivity index (χ2v) is 7.33. The van der Waals surface area contributed by atoms with E-state index in [1.807, 2.05) is 31.2 Å². The van der Waals surface area contributed by atoms with Crippen molar-refractivity contribution in [1.29, 1.82) is 0 Å². The molecule has 1 spiro atoms. The molecule has 4 amide bonds. The molecule has 2 aliphatic rings. The molecule has 1 atom stereocenters. The lowest BCUT2D eigenvalue weighted by Crippen LogP contribution is -2.45. The van der Waals surface area contributed by atoms with Gasteiger partial charge in [-0.3, -0.25) is 14.5 Å².